The Balaban J connectivity index is 1.53. The van der Waals surface area contributed by atoms with Gasteiger partial charge in [-0.2, -0.15) is 5.10 Å². The van der Waals surface area contributed by atoms with E-state index in [9.17, 15) is 4.39 Å². The Hall–Kier alpha value is -2.53. The molecule has 3 heterocycles. The Morgan fingerprint density at radius 3 is 2.92 bits per heavy atom. The SMILES string of the molecule is Fc1cccc(-n2cc(CN3CCCCC3c3ccccn3)cn2)c1. The molecule has 1 unspecified atom stereocenters. The molecule has 0 aliphatic carbocycles. The molecule has 4 nitrogen and oxygen atoms in total. The molecule has 128 valence electrons. The lowest BCUT2D eigenvalue weighted by molar-refractivity contribution is 0.137. The summed E-state index contributed by atoms with van der Waals surface area (Å²) >= 11 is 0. The first kappa shape index (κ1) is 16.0. The van der Waals surface area contributed by atoms with Gasteiger partial charge in [0.15, 0.2) is 0 Å². The highest BCUT2D eigenvalue weighted by Crippen LogP contribution is 2.30. The lowest BCUT2D eigenvalue weighted by Crippen LogP contribution is -2.33. The Labute approximate surface area is 146 Å². The highest BCUT2D eigenvalue weighted by atomic mass is 19.1. The summed E-state index contributed by atoms with van der Waals surface area (Å²) < 4.78 is 15.1. The van der Waals surface area contributed by atoms with Gasteiger partial charge in [-0.1, -0.05) is 18.6 Å². The molecule has 1 aromatic carbocycles. The normalized spacial score (nSPS) is 18.4. The minimum atomic E-state index is -0.249. The predicted molar refractivity (Wildman–Crippen MR) is 94.8 cm³/mol. The summed E-state index contributed by atoms with van der Waals surface area (Å²) in [5.74, 6) is -0.249. The maximum atomic E-state index is 13.4. The molecule has 5 heteroatoms. The molecule has 1 fully saturated rings. The van der Waals surface area contributed by atoms with Crippen LogP contribution in [0.15, 0.2) is 61.1 Å². The van der Waals surface area contributed by atoms with E-state index in [0.29, 0.717) is 6.04 Å². The molecule has 25 heavy (non-hydrogen) atoms. The van der Waals surface area contributed by atoms with Gasteiger partial charge in [0, 0.05) is 24.5 Å². The molecule has 0 spiro atoms. The molecule has 1 atom stereocenters. The molecule has 1 aliphatic rings. The maximum absolute atomic E-state index is 13.4. The van der Waals surface area contributed by atoms with Gasteiger partial charge in [-0.25, -0.2) is 9.07 Å². The Bertz CT molecular complexity index is 830. The van der Waals surface area contributed by atoms with Crippen molar-refractivity contribution in [3.8, 4) is 5.69 Å². The van der Waals surface area contributed by atoms with E-state index in [-0.39, 0.29) is 5.82 Å². The van der Waals surface area contributed by atoms with Crippen LogP contribution in [0.25, 0.3) is 5.69 Å². The number of pyridine rings is 1. The van der Waals surface area contributed by atoms with Crippen LogP contribution in [-0.4, -0.2) is 26.2 Å². The van der Waals surface area contributed by atoms with E-state index in [1.54, 1.807) is 10.7 Å². The van der Waals surface area contributed by atoms with Gasteiger partial charge in [-0.3, -0.25) is 9.88 Å². The average Bonchev–Trinajstić information content (AvgIpc) is 3.12. The highest BCUT2D eigenvalue weighted by Gasteiger charge is 2.25. The van der Waals surface area contributed by atoms with Crippen molar-refractivity contribution in [3.63, 3.8) is 0 Å². The van der Waals surface area contributed by atoms with Crippen LogP contribution in [0.3, 0.4) is 0 Å². The van der Waals surface area contributed by atoms with Crippen LogP contribution in [0.1, 0.15) is 36.6 Å². The van der Waals surface area contributed by atoms with Gasteiger partial charge in [0.25, 0.3) is 0 Å². The van der Waals surface area contributed by atoms with Gasteiger partial charge in [0.05, 0.1) is 23.6 Å². The third kappa shape index (κ3) is 3.61. The number of aromatic nitrogens is 3. The third-order valence-corrected chi connectivity index (χ3v) is 4.74. The molecule has 3 aromatic rings. The monoisotopic (exact) mass is 336 g/mol. The van der Waals surface area contributed by atoms with E-state index in [1.165, 1.54) is 25.0 Å². The summed E-state index contributed by atoms with van der Waals surface area (Å²) in [6.45, 7) is 1.89. The fourth-order valence-corrected chi connectivity index (χ4v) is 3.52. The lowest BCUT2D eigenvalue weighted by atomic mass is 9.98. The highest BCUT2D eigenvalue weighted by molar-refractivity contribution is 5.31. The van der Waals surface area contributed by atoms with Crippen molar-refractivity contribution in [2.75, 3.05) is 6.54 Å². The number of piperidine rings is 1. The minimum absolute atomic E-state index is 0.249. The number of hydrogen-bond donors (Lipinski definition) is 0. The number of nitrogens with zero attached hydrogens (tertiary/aromatic N) is 4. The zero-order valence-electron chi connectivity index (χ0n) is 14.1. The van der Waals surface area contributed by atoms with Gasteiger partial charge in [-0.05, 0) is 49.7 Å². The zero-order valence-corrected chi connectivity index (χ0v) is 14.1. The van der Waals surface area contributed by atoms with Crippen LogP contribution in [0.4, 0.5) is 4.39 Å². The first-order chi connectivity index (χ1) is 12.3. The standard InChI is InChI=1S/C20H21FN4/c21-17-6-5-7-18(12-17)25-15-16(13-23-25)14-24-11-4-2-9-20(24)19-8-1-3-10-22-19/h1,3,5-8,10,12-13,15,20H,2,4,9,11,14H2. The second-order valence-electron chi connectivity index (χ2n) is 6.51. The van der Waals surface area contributed by atoms with Crippen LogP contribution in [0.5, 0.6) is 0 Å². The zero-order chi connectivity index (χ0) is 17.1. The molecule has 1 saturated heterocycles. The first-order valence-electron chi connectivity index (χ1n) is 8.74. The van der Waals surface area contributed by atoms with E-state index >= 15 is 0 Å². The van der Waals surface area contributed by atoms with Crippen LogP contribution in [0, 0.1) is 5.82 Å². The number of hydrogen-bond acceptors (Lipinski definition) is 3. The van der Waals surface area contributed by atoms with Gasteiger partial charge in [-0.15, -0.1) is 0 Å². The number of rotatable bonds is 4. The van der Waals surface area contributed by atoms with Gasteiger partial charge < -0.3 is 0 Å². The van der Waals surface area contributed by atoms with E-state index < -0.39 is 0 Å². The van der Waals surface area contributed by atoms with Gasteiger partial charge in [0.1, 0.15) is 5.82 Å². The molecule has 0 N–H and O–H groups in total. The molecule has 0 saturated carbocycles. The third-order valence-electron chi connectivity index (χ3n) is 4.74. The molecule has 0 amide bonds. The lowest BCUT2D eigenvalue weighted by Gasteiger charge is -2.35. The van der Waals surface area contributed by atoms with Crippen molar-refractivity contribution in [2.45, 2.75) is 31.8 Å². The van der Waals surface area contributed by atoms with Crippen molar-refractivity contribution in [2.24, 2.45) is 0 Å². The molecule has 0 radical (unpaired) electrons. The second-order valence-corrected chi connectivity index (χ2v) is 6.51. The quantitative estimate of drug-likeness (QED) is 0.718. The van der Waals surface area contributed by atoms with Crippen LogP contribution >= 0.6 is 0 Å². The van der Waals surface area contributed by atoms with E-state index in [4.69, 9.17) is 0 Å². The van der Waals surface area contributed by atoms with Crippen LogP contribution in [-0.2, 0) is 6.54 Å². The Morgan fingerprint density at radius 1 is 1.12 bits per heavy atom. The molecular weight excluding hydrogens is 315 g/mol. The topological polar surface area (TPSA) is 34.0 Å². The summed E-state index contributed by atoms with van der Waals surface area (Å²) in [4.78, 5) is 7.02. The summed E-state index contributed by atoms with van der Waals surface area (Å²) in [5.41, 5.74) is 3.01. The summed E-state index contributed by atoms with van der Waals surface area (Å²) in [6.07, 6.45) is 9.30. The smallest absolute Gasteiger partial charge is 0.125 e. The van der Waals surface area contributed by atoms with Crippen molar-refractivity contribution >= 4 is 0 Å². The predicted octanol–water partition coefficient (Wildman–Crippen LogP) is 4.13. The summed E-state index contributed by atoms with van der Waals surface area (Å²) in [7, 11) is 0. The van der Waals surface area contributed by atoms with Crippen molar-refractivity contribution < 1.29 is 4.39 Å². The van der Waals surface area contributed by atoms with Crippen molar-refractivity contribution in [1.82, 2.24) is 19.7 Å². The molecule has 2 aromatic heterocycles. The van der Waals surface area contributed by atoms with Crippen molar-refractivity contribution in [1.29, 1.82) is 0 Å². The fourth-order valence-electron chi connectivity index (χ4n) is 3.52. The summed E-state index contributed by atoms with van der Waals surface area (Å²) in [5, 5.41) is 4.40. The van der Waals surface area contributed by atoms with Crippen LogP contribution < -0.4 is 0 Å². The van der Waals surface area contributed by atoms with Gasteiger partial charge >= 0.3 is 0 Å². The molecular formula is C20H21FN4. The van der Waals surface area contributed by atoms with Gasteiger partial charge in [0.2, 0.25) is 0 Å². The minimum Gasteiger partial charge on any atom is -0.290 e. The van der Waals surface area contributed by atoms with Crippen LogP contribution in [0.2, 0.25) is 0 Å². The molecule has 0 bridgehead atoms. The number of benzene rings is 1. The Morgan fingerprint density at radius 2 is 2.08 bits per heavy atom. The number of likely N-dealkylation sites (tertiary alicyclic amines) is 1. The summed E-state index contributed by atoms with van der Waals surface area (Å²) in [6, 6.07) is 13.0. The van der Waals surface area contributed by atoms with E-state index in [2.05, 4.69) is 27.1 Å². The van der Waals surface area contributed by atoms with E-state index in [0.717, 1.165) is 36.5 Å². The average molecular weight is 336 g/mol. The maximum Gasteiger partial charge on any atom is 0.125 e. The first-order valence-corrected chi connectivity index (χ1v) is 8.74. The molecule has 4 rings (SSSR count). The van der Waals surface area contributed by atoms with E-state index in [1.807, 2.05) is 30.7 Å². The second kappa shape index (κ2) is 7.15. The molecule has 1 aliphatic heterocycles. The fraction of sp³-hybridized carbons (Fsp3) is 0.300. The number of halogens is 1. The van der Waals surface area contributed by atoms with Crippen molar-refractivity contribution in [3.05, 3.63) is 78.1 Å². The Kier molecular flexibility index (Phi) is 4.57. The largest absolute Gasteiger partial charge is 0.290 e.